The first-order chi connectivity index (χ1) is 6.75. The smallest absolute Gasteiger partial charge is 0.423 e. The first kappa shape index (κ1) is 13.2. The standard InChI is InChI=1S/C9H13BO2.C2H6/c1-3-4-5-9-8(2)6-7-12-10(9)11;1-2/h3-5,11H,1,6-7H2,2H3;1-2H3/b5-4-;. The van der Waals surface area contributed by atoms with Crippen molar-refractivity contribution in [3.8, 4) is 0 Å². The summed E-state index contributed by atoms with van der Waals surface area (Å²) in [6.45, 7) is 10.2. The van der Waals surface area contributed by atoms with Crippen molar-refractivity contribution in [1.29, 1.82) is 0 Å². The fraction of sp³-hybridized carbons (Fsp3) is 0.455. The Morgan fingerprint density at radius 1 is 1.50 bits per heavy atom. The molecule has 3 heteroatoms. The molecule has 0 unspecified atom stereocenters. The Balaban J connectivity index is 0.000000791. The molecule has 2 nitrogen and oxygen atoms in total. The van der Waals surface area contributed by atoms with Gasteiger partial charge in [0.05, 0.1) is 0 Å². The molecular weight excluding hydrogens is 175 g/mol. The molecule has 0 fully saturated rings. The molecule has 1 aliphatic heterocycles. The average Bonchev–Trinajstić information content (AvgIpc) is 2.20. The highest BCUT2D eigenvalue weighted by Crippen LogP contribution is 2.18. The summed E-state index contributed by atoms with van der Waals surface area (Å²) in [5.74, 6) is 0. The number of allylic oxidation sites excluding steroid dienone is 4. The van der Waals surface area contributed by atoms with E-state index in [1.807, 2.05) is 26.8 Å². The van der Waals surface area contributed by atoms with Gasteiger partial charge in [-0.2, -0.15) is 0 Å². The van der Waals surface area contributed by atoms with E-state index in [1.165, 1.54) is 5.57 Å². The van der Waals surface area contributed by atoms with Crippen molar-refractivity contribution in [3.63, 3.8) is 0 Å². The number of hydrogen-bond donors (Lipinski definition) is 1. The molecule has 0 aromatic rings. The van der Waals surface area contributed by atoms with Crippen LogP contribution in [0.3, 0.4) is 0 Å². The Morgan fingerprint density at radius 2 is 2.14 bits per heavy atom. The van der Waals surface area contributed by atoms with Crippen molar-refractivity contribution < 1.29 is 9.68 Å². The second-order valence-corrected chi connectivity index (χ2v) is 2.80. The van der Waals surface area contributed by atoms with Crippen LogP contribution in [0.25, 0.3) is 0 Å². The zero-order chi connectivity index (χ0) is 11.0. The minimum atomic E-state index is -0.755. The minimum Gasteiger partial charge on any atom is -0.423 e. The highest BCUT2D eigenvalue weighted by molar-refractivity contribution is 6.53. The maximum Gasteiger partial charge on any atom is 0.491 e. The normalized spacial score (nSPS) is 16.7. The van der Waals surface area contributed by atoms with Gasteiger partial charge in [-0.05, 0) is 18.8 Å². The van der Waals surface area contributed by atoms with Crippen molar-refractivity contribution >= 4 is 7.12 Å². The molecule has 0 saturated heterocycles. The molecule has 0 saturated carbocycles. The lowest BCUT2D eigenvalue weighted by molar-refractivity contribution is 0.261. The van der Waals surface area contributed by atoms with E-state index in [0.717, 1.165) is 11.9 Å². The van der Waals surface area contributed by atoms with Crippen LogP contribution in [0.1, 0.15) is 27.2 Å². The third-order valence-electron chi connectivity index (χ3n) is 1.92. The van der Waals surface area contributed by atoms with Crippen LogP contribution in [-0.2, 0) is 4.65 Å². The van der Waals surface area contributed by atoms with E-state index in [1.54, 1.807) is 12.2 Å². The second kappa shape index (κ2) is 7.59. The Labute approximate surface area is 87.1 Å². The van der Waals surface area contributed by atoms with Gasteiger partial charge in [0, 0.05) is 6.61 Å². The van der Waals surface area contributed by atoms with E-state index in [0.29, 0.717) is 6.61 Å². The summed E-state index contributed by atoms with van der Waals surface area (Å²) in [6, 6.07) is 0. The van der Waals surface area contributed by atoms with Gasteiger partial charge in [-0.1, -0.05) is 44.2 Å². The van der Waals surface area contributed by atoms with Crippen molar-refractivity contribution in [1.82, 2.24) is 0 Å². The van der Waals surface area contributed by atoms with Crippen molar-refractivity contribution in [3.05, 3.63) is 35.9 Å². The molecule has 0 radical (unpaired) electrons. The quantitative estimate of drug-likeness (QED) is 0.540. The second-order valence-electron chi connectivity index (χ2n) is 2.80. The summed E-state index contributed by atoms with van der Waals surface area (Å²) < 4.78 is 5.07. The van der Waals surface area contributed by atoms with Crippen LogP contribution < -0.4 is 0 Å². The zero-order valence-electron chi connectivity index (χ0n) is 9.29. The van der Waals surface area contributed by atoms with Crippen molar-refractivity contribution in [2.45, 2.75) is 27.2 Å². The predicted molar refractivity (Wildman–Crippen MR) is 61.9 cm³/mol. The van der Waals surface area contributed by atoms with E-state index < -0.39 is 7.12 Å². The van der Waals surface area contributed by atoms with Crippen molar-refractivity contribution in [2.75, 3.05) is 6.61 Å². The van der Waals surface area contributed by atoms with Crippen LogP contribution in [0, 0.1) is 0 Å². The van der Waals surface area contributed by atoms with E-state index in [-0.39, 0.29) is 0 Å². The first-order valence-corrected chi connectivity index (χ1v) is 5.04. The van der Waals surface area contributed by atoms with Gasteiger partial charge < -0.3 is 9.68 Å². The van der Waals surface area contributed by atoms with Crippen LogP contribution in [0.15, 0.2) is 35.9 Å². The average molecular weight is 194 g/mol. The first-order valence-electron chi connectivity index (χ1n) is 5.04. The fourth-order valence-corrected chi connectivity index (χ4v) is 1.16. The third-order valence-corrected chi connectivity index (χ3v) is 1.92. The number of rotatable bonds is 2. The molecule has 1 heterocycles. The van der Waals surface area contributed by atoms with E-state index >= 15 is 0 Å². The molecule has 0 bridgehead atoms. The number of hydrogen-bond acceptors (Lipinski definition) is 2. The van der Waals surface area contributed by atoms with Gasteiger partial charge in [-0.25, -0.2) is 0 Å². The molecule has 1 aliphatic rings. The Bertz CT molecular complexity index is 231. The van der Waals surface area contributed by atoms with Gasteiger partial charge in [-0.3, -0.25) is 0 Å². The maximum atomic E-state index is 9.40. The summed E-state index contributed by atoms with van der Waals surface area (Å²) >= 11 is 0. The van der Waals surface area contributed by atoms with E-state index in [2.05, 4.69) is 6.58 Å². The van der Waals surface area contributed by atoms with E-state index in [4.69, 9.17) is 4.65 Å². The summed E-state index contributed by atoms with van der Waals surface area (Å²) in [5, 5.41) is 9.40. The lowest BCUT2D eigenvalue weighted by Crippen LogP contribution is -2.26. The molecule has 0 aromatic heterocycles. The lowest BCUT2D eigenvalue weighted by Gasteiger charge is -2.18. The van der Waals surface area contributed by atoms with Crippen LogP contribution in [0.5, 0.6) is 0 Å². The van der Waals surface area contributed by atoms with Gasteiger partial charge in [-0.15, -0.1) is 0 Å². The SMILES string of the molecule is C=C/C=C\C1=C(C)CCOB1O.CC. The molecule has 0 aliphatic carbocycles. The van der Waals surface area contributed by atoms with Gasteiger partial charge in [0.25, 0.3) is 0 Å². The molecule has 0 aromatic carbocycles. The highest BCUT2D eigenvalue weighted by atomic mass is 16.5. The molecular formula is C11H19BO2. The summed E-state index contributed by atoms with van der Waals surface area (Å²) in [4.78, 5) is 0. The maximum absolute atomic E-state index is 9.40. The van der Waals surface area contributed by atoms with Gasteiger partial charge in [0.2, 0.25) is 0 Å². The molecule has 1 N–H and O–H groups in total. The van der Waals surface area contributed by atoms with Crippen LogP contribution in [-0.4, -0.2) is 18.7 Å². The zero-order valence-corrected chi connectivity index (χ0v) is 9.29. The lowest BCUT2D eigenvalue weighted by atomic mass is 9.73. The molecule has 0 amide bonds. The van der Waals surface area contributed by atoms with Crippen LogP contribution in [0.2, 0.25) is 0 Å². The largest absolute Gasteiger partial charge is 0.491 e. The van der Waals surface area contributed by atoms with Crippen LogP contribution in [0.4, 0.5) is 0 Å². The molecule has 1 rings (SSSR count). The Morgan fingerprint density at radius 3 is 2.64 bits per heavy atom. The molecule has 14 heavy (non-hydrogen) atoms. The Kier molecular flexibility index (Phi) is 7.16. The molecule has 78 valence electrons. The van der Waals surface area contributed by atoms with E-state index in [9.17, 15) is 5.02 Å². The molecule has 0 atom stereocenters. The van der Waals surface area contributed by atoms with Gasteiger partial charge >= 0.3 is 7.12 Å². The van der Waals surface area contributed by atoms with Crippen molar-refractivity contribution in [2.24, 2.45) is 0 Å². The van der Waals surface area contributed by atoms with Gasteiger partial charge in [0.15, 0.2) is 0 Å². The highest BCUT2D eigenvalue weighted by Gasteiger charge is 2.23. The Hall–Kier alpha value is -0.795. The van der Waals surface area contributed by atoms with Gasteiger partial charge in [0.1, 0.15) is 0 Å². The minimum absolute atomic E-state index is 0.610. The summed E-state index contributed by atoms with van der Waals surface area (Å²) in [5.41, 5.74) is 2.05. The summed E-state index contributed by atoms with van der Waals surface area (Å²) in [7, 11) is -0.755. The predicted octanol–water partition coefficient (Wildman–Crippen LogP) is 2.51. The summed E-state index contributed by atoms with van der Waals surface area (Å²) in [6.07, 6.45) is 6.22. The van der Waals surface area contributed by atoms with Crippen LogP contribution >= 0.6 is 0 Å². The fourth-order valence-electron chi connectivity index (χ4n) is 1.16. The monoisotopic (exact) mass is 194 g/mol. The topological polar surface area (TPSA) is 29.5 Å². The third kappa shape index (κ3) is 3.94. The molecule has 0 spiro atoms.